The highest BCUT2D eigenvalue weighted by Gasteiger charge is 2.27. The quantitative estimate of drug-likeness (QED) is 0.318. The van der Waals surface area contributed by atoms with Gasteiger partial charge in [0, 0.05) is 44.6 Å². The zero-order valence-corrected chi connectivity index (χ0v) is 21.6. The molecule has 190 valence electrons. The van der Waals surface area contributed by atoms with Gasteiger partial charge < -0.3 is 9.73 Å². The Kier molecular flexibility index (Phi) is 7.92. The van der Waals surface area contributed by atoms with Crippen LogP contribution in [0.5, 0.6) is 0 Å². The normalized spacial score (nSPS) is 14.9. The Morgan fingerprint density at radius 1 is 1.16 bits per heavy atom. The molecule has 3 aromatic heterocycles. The van der Waals surface area contributed by atoms with Crippen LogP contribution in [0.1, 0.15) is 63.1 Å². The van der Waals surface area contributed by atoms with Gasteiger partial charge in [-0.25, -0.2) is 4.98 Å². The van der Waals surface area contributed by atoms with Crippen molar-refractivity contribution in [1.82, 2.24) is 25.2 Å². The topological polar surface area (TPSA) is 84.2 Å². The van der Waals surface area contributed by atoms with E-state index in [1.54, 1.807) is 18.7 Å². The third-order valence-electron chi connectivity index (χ3n) is 6.85. The van der Waals surface area contributed by atoms with E-state index in [1.807, 2.05) is 31.3 Å². The van der Waals surface area contributed by atoms with Crippen LogP contribution in [0.3, 0.4) is 0 Å². The Hall–Kier alpha value is -3.55. The van der Waals surface area contributed by atoms with Crippen LogP contribution in [0.15, 0.2) is 71.9 Å². The third kappa shape index (κ3) is 6.06. The molecule has 37 heavy (non-hydrogen) atoms. The molecule has 1 atom stereocenters. The zero-order chi connectivity index (χ0) is 25.6. The first-order valence-electron chi connectivity index (χ1n) is 12.6. The molecule has 8 heteroatoms. The van der Waals surface area contributed by atoms with Gasteiger partial charge in [-0.1, -0.05) is 41.9 Å². The number of nitrogens with zero attached hydrogens (tertiary/aromatic N) is 4. The first kappa shape index (κ1) is 25.1. The van der Waals surface area contributed by atoms with Crippen molar-refractivity contribution in [3.63, 3.8) is 0 Å². The summed E-state index contributed by atoms with van der Waals surface area (Å²) in [7, 11) is 0. The van der Waals surface area contributed by atoms with Crippen molar-refractivity contribution in [3.05, 3.63) is 112 Å². The van der Waals surface area contributed by atoms with Gasteiger partial charge in [-0.15, -0.1) is 0 Å². The van der Waals surface area contributed by atoms with Crippen molar-refractivity contribution in [2.45, 2.75) is 51.7 Å². The van der Waals surface area contributed by atoms with Crippen molar-refractivity contribution >= 4 is 17.5 Å². The van der Waals surface area contributed by atoms with E-state index in [-0.39, 0.29) is 11.9 Å². The third-order valence-corrected chi connectivity index (χ3v) is 7.14. The van der Waals surface area contributed by atoms with E-state index >= 15 is 0 Å². The van der Waals surface area contributed by atoms with Gasteiger partial charge in [0.05, 0.1) is 28.5 Å². The SMILES string of the molecule is Cc1cncc(Cl)c1C(=O)NCc1cccc(CN(CCc2ncco2)C2CCCc3cccnc32)c1. The average Bonchev–Trinajstić information content (AvgIpc) is 3.43. The van der Waals surface area contributed by atoms with Gasteiger partial charge in [0.1, 0.15) is 6.26 Å². The summed E-state index contributed by atoms with van der Waals surface area (Å²) in [6.07, 6.45) is 12.4. The number of aryl methyl sites for hydroxylation is 2. The van der Waals surface area contributed by atoms with Gasteiger partial charge in [-0.3, -0.25) is 19.7 Å². The van der Waals surface area contributed by atoms with Crippen LogP contribution in [0.4, 0.5) is 0 Å². The lowest BCUT2D eigenvalue weighted by molar-refractivity contribution is 0.0950. The molecule has 1 aliphatic carbocycles. The minimum absolute atomic E-state index is 0.201. The van der Waals surface area contributed by atoms with Gasteiger partial charge in [0.25, 0.3) is 5.91 Å². The van der Waals surface area contributed by atoms with E-state index in [2.05, 4.69) is 38.4 Å². The smallest absolute Gasteiger partial charge is 0.253 e. The summed E-state index contributed by atoms with van der Waals surface area (Å²) in [6.45, 7) is 3.81. The molecule has 1 aromatic carbocycles. The Morgan fingerprint density at radius 2 is 2.05 bits per heavy atom. The number of hydrogen-bond donors (Lipinski definition) is 1. The average molecular weight is 516 g/mol. The fourth-order valence-electron chi connectivity index (χ4n) is 5.06. The summed E-state index contributed by atoms with van der Waals surface area (Å²) >= 11 is 6.22. The summed E-state index contributed by atoms with van der Waals surface area (Å²) in [5.41, 5.74) is 5.94. The van der Waals surface area contributed by atoms with Gasteiger partial charge >= 0.3 is 0 Å². The molecule has 4 aromatic rings. The molecule has 3 heterocycles. The molecule has 5 rings (SSSR count). The van der Waals surface area contributed by atoms with Crippen LogP contribution in [0, 0.1) is 6.92 Å². The second-order valence-electron chi connectivity index (χ2n) is 9.42. The fraction of sp³-hybridized carbons (Fsp3) is 0.310. The second kappa shape index (κ2) is 11.7. The number of nitrogens with one attached hydrogen (secondary N) is 1. The molecule has 0 saturated heterocycles. The number of oxazole rings is 1. The van der Waals surface area contributed by atoms with E-state index in [0.29, 0.717) is 17.1 Å². The largest absolute Gasteiger partial charge is 0.449 e. The minimum atomic E-state index is -0.201. The molecule has 0 aliphatic heterocycles. The standard InChI is InChI=1S/C29H30ClN5O2/c1-20-16-31-18-24(30)27(20)29(36)34-17-21-5-2-6-22(15-21)19-35(13-10-26-32-12-14-37-26)25-9-3-7-23-8-4-11-33-28(23)25/h2,4-6,8,11-12,14-16,18,25H,3,7,9-10,13,17,19H2,1H3,(H,34,36). The van der Waals surface area contributed by atoms with E-state index in [4.69, 9.17) is 21.0 Å². The number of aromatic nitrogens is 3. The number of benzene rings is 1. The molecule has 7 nitrogen and oxygen atoms in total. The first-order valence-corrected chi connectivity index (χ1v) is 13.0. The van der Waals surface area contributed by atoms with Crippen molar-refractivity contribution in [2.24, 2.45) is 0 Å². The summed E-state index contributed by atoms with van der Waals surface area (Å²) in [5.74, 6) is 0.538. The minimum Gasteiger partial charge on any atom is -0.449 e. The van der Waals surface area contributed by atoms with Crippen LogP contribution in [0.2, 0.25) is 5.02 Å². The summed E-state index contributed by atoms with van der Waals surface area (Å²) in [6, 6.07) is 12.8. The van der Waals surface area contributed by atoms with E-state index in [0.717, 1.165) is 55.8 Å². The van der Waals surface area contributed by atoms with Crippen LogP contribution in [-0.4, -0.2) is 32.3 Å². The van der Waals surface area contributed by atoms with Crippen molar-refractivity contribution in [2.75, 3.05) is 6.54 Å². The lowest BCUT2D eigenvalue weighted by Gasteiger charge is -2.35. The summed E-state index contributed by atoms with van der Waals surface area (Å²) in [4.78, 5) is 28.4. The van der Waals surface area contributed by atoms with Crippen LogP contribution < -0.4 is 5.32 Å². The molecule has 0 spiro atoms. The monoisotopic (exact) mass is 515 g/mol. The number of rotatable bonds is 9. The Balaban J connectivity index is 1.32. The number of amides is 1. The van der Waals surface area contributed by atoms with Crippen molar-refractivity contribution in [1.29, 1.82) is 0 Å². The number of carbonyl (C=O) groups is 1. The summed E-state index contributed by atoms with van der Waals surface area (Å²) in [5, 5.41) is 3.36. The lowest BCUT2D eigenvalue weighted by Crippen LogP contribution is -2.33. The number of fused-ring (bicyclic) bond motifs is 1. The lowest BCUT2D eigenvalue weighted by atomic mass is 9.90. The predicted octanol–water partition coefficient (Wildman–Crippen LogP) is 5.48. The highest BCUT2D eigenvalue weighted by atomic mass is 35.5. The Morgan fingerprint density at radius 3 is 2.89 bits per heavy atom. The van der Waals surface area contributed by atoms with Crippen LogP contribution >= 0.6 is 11.6 Å². The molecule has 0 fully saturated rings. The molecule has 1 N–H and O–H groups in total. The van der Waals surface area contributed by atoms with Crippen LogP contribution in [-0.2, 0) is 25.9 Å². The van der Waals surface area contributed by atoms with Crippen LogP contribution in [0.25, 0.3) is 0 Å². The Bertz CT molecular complexity index is 1340. The molecular formula is C29H30ClN5O2. The first-order chi connectivity index (χ1) is 18.1. The number of hydrogen-bond acceptors (Lipinski definition) is 6. The van der Waals surface area contributed by atoms with Crippen molar-refractivity contribution < 1.29 is 9.21 Å². The van der Waals surface area contributed by atoms with E-state index in [9.17, 15) is 4.79 Å². The number of carbonyl (C=O) groups excluding carboxylic acids is 1. The van der Waals surface area contributed by atoms with E-state index in [1.165, 1.54) is 23.0 Å². The maximum atomic E-state index is 12.8. The molecule has 0 bridgehead atoms. The van der Waals surface area contributed by atoms with Gasteiger partial charge in [0.15, 0.2) is 5.89 Å². The molecule has 1 amide bonds. The van der Waals surface area contributed by atoms with Gasteiger partial charge in [0.2, 0.25) is 0 Å². The fourth-order valence-corrected chi connectivity index (χ4v) is 5.36. The second-order valence-corrected chi connectivity index (χ2v) is 9.83. The maximum absolute atomic E-state index is 12.8. The number of pyridine rings is 2. The van der Waals surface area contributed by atoms with Crippen molar-refractivity contribution in [3.8, 4) is 0 Å². The number of halogens is 1. The molecule has 0 radical (unpaired) electrons. The maximum Gasteiger partial charge on any atom is 0.253 e. The summed E-state index contributed by atoms with van der Waals surface area (Å²) < 4.78 is 5.51. The predicted molar refractivity (Wildman–Crippen MR) is 142 cm³/mol. The molecule has 1 unspecified atom stereocenters. The van der Waals surface area contributed by atoms with Gasteiger partial charge in [-0.05, 0) is 54.5 Å². The molecular weight excluding hydrogens is 486 g/mol. The molecule has 0 saturated carbocycles. The molecule has 1 aliphatic rings. The highest BCUT2D eigenvalue weighted by Crippen LogP contribution is 2.34. The van der Waals surface area contributed by atoms with E-state index < -0.39 is 0 Å². The zero-order valence-electron chi connectivity index (χ0n) is 20.9. The highest BCUT2D eigenvalue weighted by molar-refractivity contribution is 6.33. The Labute approximate surface area is 221 Å². The van der Waals surface area contributed by atoms with Gasteiger partial charge in [-0.2, -0.15) is 0 Å².